The molecule has 0 aliphatic rings. The molecular formula is C15H13N3O2. The number of para-hydroxylation sites is 2. The quantitative estimate of drug-likeness (QED) is 0.682. The van der Waals surface area contributed by atoms with Crippen molar-refractivity contribution >= 4 is 17.3 Å². The highest BCUT2D eigenvalue weighted by molar-refractivity contribution is 5.79. The molecule has 2 aromatic carbocycles. The number of rotatable bonds is 4. The van der Waals surface area contributed by atoms with Crippen molar-refractivity contribution in [3.63, 3.8) is 0 Å². The molecule has 1 aromatic heterocycles. The summed E-state index contributed by atoms with van der Waals surface area (Å²) in [5.74, 6) is 0.537. The second-order valence-electron chi connectivity index (χ2n) is 4.40. The van der Waals surface area contributed by atoms with Gasteiger partial charge >= 0.3 is 0 Å². The van der Waals surface area contributed by atoms with Crippen LogP contribution in [0.1, 0.15) is 23.5 Å². The first-order valence-corrected chi connectivity index (χ1v) is 6.30. The standard InChI is InChI=1S/C15H13N3O2/c1-11(20-15-9-5-2-6-12(15)10-19)18-14-8-4-3-7-13(14)16-17-18/h2-11H,1H3. The van der Waals surface area contributed by atoms with E-state index in [0.29, 0.717) is 11.3 Å². The molecule has 1 unspecified atom stereocenters. The molecule has 20 heavy (non-hydrogen) atoms. The molecule has 1 heterocycles. The van der Waals surface area contributed by atoms with Crippen LogP contribution in [0, 0.1) is 0 Å². The summed E-state index contributed by atoms with van der Waals surface area (Å²) in [5, 5.41) is 8.19. The number of aromatic nitrogens is 3. The average Bonchev–Trinajstić information content (AvgIpc) is 2.92. The summed E-state index contributed by atoms with van der Waals surface area (Å²) in [5.41, 5.74) is 2.22. The number of hydrogen-bond donors (Lipinski definition) is 0. The Labute approximate surface area is 115 Å². The number of hydrogen-bond acceptors (Lipinski definition) is 4. The fourth-order valence-corrected chi connectivity index (χ4v) is 2.07. The lowest BCUT2D eigenvalue weighted by Crippen LogP contribution is -2.14. The normalized spacial score (nSPS) is 12.2. The van der Waals surface area contributed by atoms with E-state index >= 15 is 0 Å². The van der Waals surface area contributed by atoms with Gasteiger partial charge in [-0.25, -0.2) is 4.68 Å². The molecule has 5 nitrogen and oxygen atoms in total. The maximum atomic E-state index is 11.0. The van der Waals surface area contributed by atoms with Crippen LogP contribution in [0.5, 0.6) is 5.75 Å². The molecule has 1 atom stereocenters. The molecule has 3 rings (SSSR count). The summed E-state index contributed by atoms with van der Waals surface area (Å²) >= 11 is 0. The molecule has 0 aliphatic carbocycles. The van der Waals surface area contributed by atoms with E-state index in [-0.39, 0.29) is 6.23 Å². The number of aldehydes is 1. The van der Waals surface area contributed by atoms with Crippen LogP contribution in [0.3, 0.4) is 0 Å². The number of ether oxygens (including phenoxy) is 1. The first kappa shape index (κ1) is 12.3. The van der Waals surface area contributed by atoms with Gasteiger partial charge in [0, 0.05) is 0 Å². The van der Waals surface area contributed by atoms with Crippen LogP contribution in [-0.2, 0) is 0 Å². The number of fused-ring (bicyclic) bond motifs is 1. The second kappa shape index (κ2) is 5.13. The van der Waals surface area contributed by atoms with Crippen molar-refractivity contribution in [2.75, 3.05) is 0 Å². The monoisotopic (exact) mass is 267 g/mol. The van der Waals surface area contributed by atoms with Crippen molar-refractivity contribution < 1.29 is 9.53 Å². The molecule has 3 aromatic rings. The largest absolute Gasteiger partial charge is 0.468 e. The molecule has 0 bridgehead atoms. The third kappa shape index (κ3) is 2.14. The van der Waals surface area contributed by atoms with Crippen molar-refractivity contribution in [1.82, 2.24) is 15.0 Å². The number of benzene rings is 2. The van der Waals surface area contributed by atoms with Gasteiger partial charge in [0.25, 0.3) is 0 Å². The van der Waals surface area contributed by atoms with Gasteiger partial charge in [-0.05, 0) is 31.2 Å². The van der Waals surface area contributed by atoms with Crippen molar-refractivity contribution in [3.05, 3.63) is 54.1 Å². The minimum absolute atomic E-state index is 0.358. The van der Waals surface area contributed by atoms with E-state index < -0.39 is 0 Å². The van der Waals surface area contributed by atoms with Crippen molar-refractivity contribution in [3.8, 4) is 5.75 Å². The van der Waals surface area contributed by atoms with Crippen molar-refractivity contribution in [2.24, 2.45) is 0 Å². The zero-order valence-electron chi connectivity index (χ0n) is 10.9. The summed E-state index contributed by atoms with van der Waals surface area (Å²) in [4.78, 5) is 11.0. The van der Waals surface area contributed by atoms with E-state index in [1.807, 2.05) is 37.3 Å². The number of nitrogens with zero attached hydrogens (tertiary/aromatic N) is 3. The molecule has 0 N–H and O–H groups in total. The van der Waals surface area contributed by atoms with Crippen LogP contribution in [-0.4, -0.2) is 21.3 Å². The fourth-order valence-electron chi connectivity index (χ4n) is 2.07. The third-order valence-corrected chi connectivity index (χ3v) is 3.07. The Hall–Kier alpha value is -2.69. The highest BCUT2D eigenvalue weighted by Crippen LogP contribution is 2.22. The smallest absolute Gasteiger partial charge is 0.191 e. The van der Waals surface area contributed by atoms with Crippen LogP contribution < -0.4 is 4.74 Å². The van der Waals surface area contributed by atoms with Gasteiger partial charge in [0.2, 0.25) is 0 Å². The van der Waals surface area contributed by atoms with Gasteiger partial charge in [-0.15, -0.1) is 5.10 Å². The van der Waals surface area contributed by atoms with E-state index in [1.165, 1.54) is 0 Å². The Balaban J connectivity index is 1.93. The first-order valence-electron chi connectivity index (χ1n) is 6.30. The van der Waals surface area contributed by atoms with E-state index in [0.717, 1.165) is 17.3 Å². The molecule has 0 aliphatic heterocycles. The van der Waals surface area contributed by atoms with Gasteiger partial charge in [-0.1, -0.05) is 29.5 Å². The predicted octanol–water partition coefficient (Wildman–Crippen LogP) is 2.84. The molecular weight excluding hydrogens is 254 g/mol. The van der Waals surface area contributed by atoms with Gasteiger partial charge in [-0.2, -0.15) is 0 Å². The minimum atomic E-state index is -0.358. The number of carbonyl (C=O) groups excluding carboxylic acids is 1. The lowest BCUT2D eigenvalue weighted by Gasteiger charge is -2.16. The van der Waals surface area contributed by atoms with Crippen LogP contribution in [0.15, 0.2) is 48.5 Å². The fraction of sp³-hybridized carbons (Fsp3) is 0.133. The minimum Gasteiger partial charge on any atom is -0.468 e. The Kier molecular flexibility index (Phi) is 3.16. The molecule has 0 fully saturated rings. The summed E-state index contributed by atoms with van der Waals surface area (Å²) < 4.78 is 7.51. The van der Waals surface area contributed by atoms with Gasteiger partial charge in [0.15, 0.2) is 12.5 Å². The van der Waals surface area contributed by atoms with E-state index in [1.54, 1.807) is 22.9 Å². The van der Waals surface area contributed by atoms with Crippen LogP contribution in [0.2, 0.25) is 0 Å². The lowest BCUT2D eigenvalue weighted by atomic mass is 10.2. The van der Waals surface area contributed by atoms with E-state index in [9.17, 15) is 4.79 Å². The molecule has 100 valence electrons. The molecule has 0 amide bonds. The van der Waals surface area contributed by atoms with Crippen LogP contribution in [0.25, 0.3) is 11.0 Å². The Bertz CT molecular complexity index is 751. The lowest BCUT2D eigenvalue weighted by molar-refractivity contribution is 0.110. The summed E-state index contributed by atoms with van der Waals surface area (Å²) in [7, 11) is 0. The SMILES string of the molecule is CC(Oc1ccccc1C=O)n1nnc2ccccc21. The van der Waals surface area contributed by atoms with Crippen molar-refractivity contribution in [2.45, 2.75) is 13.2 Å². The van der Waals surface area contributed by atoms with E-state index in [2.05, 4.69) is 10.3 Å². The van der Waals surface area contributed by atoms with Gasteiger partial charge in [0.1, 0.15) is 11.3 Å². The van der Waals surface area contributed by atoms with Crippen LogP contribution in [0.4, 0.5) is 0 Å². The summed E-state index contributed by atoms with van der Waals surface area (Å²) in [6.45, 7) is 1.86. The predicted molar refractivity (Wildman–Crippen MR) is 74.7 cm³/mol. The highest BCUT2D eigenvalue weighted by Gasteiger charge is 2.13. The second-order valence-corrected chi connectivity index (χ2v) is 4.40. The van der Waals surface area contributed by atoms with Gasteiger partial charge in [-0.3, -0.25) is 4.79 Å². The van der Waals surface area contributed by atoms with Crippen LogP contribution >= 0.6 is 0 Å². The Morgan fingerprint density at radius 2 is 1.90 bits per heavy atom. The zero-order chi connectivity index (χ0) is 13.9. The van der Waals surface area contributed by atoms with Crippen molar-refractivity contribution in [1.29, 1.82) is 0 Å². The van der Waals surface area contributed by atoms with Gasteiger partial charge in [0.05, 0.1) is 11.1 Å². The molecule has 0 saturated heterocycles. The Morgan fingerprint density at radius 3 is 2.75 bits per heavy atom. The average molecular weight is 267 g/mol. The van der Waals surface area contributed by atoms with E-state index in [4.69, 9.17) is 4.74 Å². The molecule has 0 spiro atoms. The molecule has 0 saturated carbocycles. The molecule has 0 radical (unpaired) electrons. The third-order valence-electron chi connectivity index (χ3n) is 3.07. The molecule has 5 heteroatoms. The maximum Gasteiger partial charge on any atom is 0.191 e. The van der Waals surface area contributed by atoms with Gasteiger partial charge < -0.3 is 4.74 Å². The zero-order valence-corrected chi connectivity index (χ0v) is 10.9. The number of carbonyl (C=O) groups is 1. The maximum absolute atomic E-state index is 11.0. The summed E-state index contributed by atoms with van der Waals surface area (Å²) in [6.07, 6.45) is 0.421. The summed E-state index contributed by atoms with van der Waals surface area (Å²) in [6, 6.07) is 14.8. The Morgan fingerprint density at radius 1 is 1.15 bits per heavy atom. The topological polar surface area (TPSA) is 57.0 Å². The highest BCUT2D eigenvalue weighted by atomic mass is 16.5. The first-order chi connectivity index (χ1) is 9.79.